The normalized spacial score (nSPS) is 15.3. The van der Waals surface area contributed by atoms with Crippen molar-refractivity contribution >= 4 is 37.8 Å². The second-order valence-corrected chi connectivity index (χ2v) is 6.14. The standard InChI is InChI=1S/C13H14Br2FNO/c14-4-5-17(12-2-1-3-12)13(18)9-6-10(15)8-11(16)7-9/h6-8,12H,1-5H2. The van der Waals surface area contributed by atoms with Crippen LogP contribution in [0, 0.1) is 5.82 Å². The monoisotopic (exact) mass is 377 g/mol. The van der Waals surface area contributed by atoms with E-state index in [2.05, 4.69) is 31.9 Å². The molecule has 1 aromatic rings. The Bertz CT molecular complexity index is 428. The van der Waals surface area contributed by atoms with Crippen molar-refractivity contribution in [3.05, 3.63) is 34.1 Å². The lowest BCUT2D eigenvalue weighted by molar-refractivity contribution is 0.0599. The third kappa shape index (κ3) is 3.12. The van der Waals surface area contributed by atoms with Crippen LogP contribution in [-0.2, 0) is 0 Å². The third-order valence-corrected chi connectivity index (χ3v) is 4.02. The number of hydrogen-bond donors (Lipinski definition) is 0. The van der Waals surface area contributed by atoms with E-state index in [1.165, 1.54) is 18.6 Å². The Morgan fingerprint density at radius 2 is 2.11 bits per heavy atom. The summed E-state index contributed by atoms with van der Waals surface area (Å²) in [4.78, 5) is 14.2. The Kier molecular flexibility index (Phi) is 4.78. The van der Waals surface area contributed by atoms with Gasteiger partial charge in [0.2, 0.25) is 0 Å². The number of benzene rings is 1. The van der Waals surface area contributed by atoms with Gasteiger partial charge in [0.25, 0.3) is 5.91 Å². The molecule has 5 heteroatoms. The number of nitrogens with zero attached hydrogens (tertiary/aromatic N) is 1. The van der Waals surface area contributed by atoms with Crippen molar-refractivity contribution in [2.45, 2.75) is 25.3 Å². The lowest BCUT2D eigenvalue weighted by atomic mass is 9.91. The quantitative estimate of drug-likeness (QED) is 0.725. The number of carbonyl (C=O) groups excluding carboxylic acids is 1. The third-order valence-electron chi connectivity index (χ3n) is 3.21. The molecule has 1 amide bonds. The molecule has 1 aliphatic carbocycles. The zero-order chi connectivity index (χ0) is 13.1. The van der Waals surface area contributed by atoms with Crippen LogP contribution in [0.1, 0.15) is 29.6 Å². The van der Waals surface area contributed by atoms with E-state index in [-0.39, 0.29) is 11.7 Å². The molecule has 0 bridgehead atoms. The molecule has 98 valence electrons. The van der Waals surface area contributed by atoms with Crippen LogP contribution in [0.4, 0.5) is 4.39 Å². The molecule has 0 aromatic heterocycles. The van der Waals surface area contributed by atoms with Gasteiger partial charge < -0.3 is 4.90 Å². The summed E-state index contributed by atoms with van der Waals surface area (Å²) in [5.74, 6) is -0.473. The zero-order valence-electron chi connectivity index (χ0n) is 9.83. The fraction of sp³-hybridized carbons (Fsp3) is 0.462. The van der Waals surface area contributed by atoms with Crippen molar-refractivity contribution in [2.75, 3.05) is 11.9 Å². The van der Waals surface area contributed by atoms with E-state index in [9.17, 15) is 9.18 Å². The van der Waals surface area contributed by atoms with Crippen molar-refractivity contribution in [1.82, 2.24) is 4.90 Å². The van der Waals surface area contributed by atoms with E-state index in [1.54, 1.807) is 6.07 Å². The molecule has 0 radical (unpaired) electrons. The van der Waals surface area contributed by atoms with Crippen LogP contribution in [0.2, 0.25) is 0 Å². The lowest BCUT2D eigenvalue weighted by Gasteiger charge is -2.37. The average molecular weight is 379 g/mol. The summed E-state index contributed by atoms with van der Waals surface area (Å²) >= 11 is 6.58. The number of alkyl halides is 1. The van der Waals surface area contributed by atoms with E-state index in [1.807, 2.05) is 4.90 Å². The van der Waals surface area contributed by atoms with Gasteiger partial charge in [-0.05, 0) is 37.5 Å². The number of amides is 1. The molecule has 2 nitrogen and oxygen atoms in total. The topological polar surface area (TPSA) is 20.3 Å². The second-order valence-electron chi connectivity index (χ2n) is 4.43. The molecule has 0 saturated heterocycles. The number of carbonyl (C=O) groups is 1. The minimum absolute atomic E-state index is 0.0839. The highest BCUT2D eigenvalue weighted by Gasteiger charge is 2.29. The molecule has 0 spiro atoms. The van der Waals surface area contributed by atoms with Crippen LogP contribution >= 0.6 is 31.9 Å². The minimum Gasteiger partial charge on any atom is -0.335 e. The molecular formula is C13H14Br2FNO. The van der Waals surface area contributed by atoms with E-state index in [0.29, 0.717) is 22.6 Å². The Hall–Kier alpha value is -0.420. The summed E-state index contributed by atoms with van der Waals surface area (Å²) in [5, 5.41) is 0.742. The number of rotatable bonds is 4. The first kappa shape index (κ1) is 14.0. The van der Waals surface area contributed by atoms with Gasteiger partial charge in [-0.3, -0.25) is 4.79 Å². The van der Waals surface area contributed by atoms with Crippen LogP contribution in [0.25, 0.3) is 0 Å². The molecule has 2 rings (SSSR count). The Labute approximate surface area is 123 Å². The molecule has 1 fully saturated rings. The van der Waals surface area contributed by atoms with Crippen LogP contribution in [0.3, 0.4) is 0 Å². The molecule has 0 unspecified atom stereocenters. The zero-order valence-corrected chi connectivity index (χ0v) is 13.0. The van der Waals surface area contributed by atoms with Crippen LogP contribution in [0.5, 0.6) is 0 Å². The molecule has 1 aromatic carbocycles. The Morgan fingerprint density at radius 1 is 1.39 bits per heavy atom. The van der Waals surface area contributed by atoms with Gasteiger partial charge in [-0.2, -0.15) is 0 Å². The lowest BCUT2D eigenvalue weighted by Crippen LogP contribution is -2.45. The minimum atomic E-state index is -0.389. The molecule has 0 N–H and O–H groups in total. The molecule has 18 heavy (non-hydrogen) atoms. The van der Waals surface area contributed by atoms with Crippen molar-refractivity contribution in [1.29, 1.82) is 0 Å². The second kappa shape index (κ2) is 6.15. The Morgan fingerprint density at radius 3 is 2.61 bits per heavy atom. The van der Waals surface area contributed by atoms with Gasteiger partial charge in [0, 0.05) is 28.0 Å². The van der Waals surface area contributed by atoms with Gasteiger partial charge in [-0.15, -0.1) is 0 Å². The first-order valence-corrected chi connectivity index (χ1v) is 7.86. The van der Waals surface area contributed by atoms with Crippen LogP contribution < -0.4 is 0 Å². The molecule has 0 aliphatic heterocycles. The van der Waals surface area contributed by atoms with Gasteiger partial charge in [0.05, 0.1) is 0 Å². The largest absolute Gasteiger partial charge is 0.335 e. The molecule has 0 atom stereocenters. The van der Waals surface area contributed by atoms with Crippen molar-refractivity contribution < 1.29 is 9.18 Å². The van der Waals surface area contributed by atoms with Crippen molar-refractivity contribution in [3.8, 4) is 0 Å². The highest BCUT2D eigenvalue weighted by molar-refractivity contribution is 9.10. The number of hydrogen-bond acceptors (Lipinski definition) is 1. The summed E-state index contributed by atoms with van der Waals surface area (Å²) in [6, 6.07) is 4.64. The predicted octanol–water partition coefficient (Wildman–Crippen LogP) is 3.98. The maximum absolute atomic E-state index is 13.3. The first-order valence-electron chi connectivity index (χ1n) is 5.95. The van der Waals surface area contributed by atoms with Crippen molar-refractivity contribution in [3.63, 3.8) is 0 Å². The summed E-state index contributed by atoms with van der Waals surface area (Å²) in [6.07, 6.45) is 3.27. The molecule has 1 saturated carbocycles. The summed E-state index contributed by atoms with van der Waals surface area (Å²) in [5.41, 5.74) is 0.412. The maximum atomic E-state index is 13.3. The van der Waals surface area contributed by atoms with Gasteiger partial charge >= 0.3 is 0 Å². The maximum Gasteiger partial charge on any atom is 0.254 e. The molecular weight excluding hydrogens is 365 g/mol. The van der Waals surface area contributed by atoms with E-state index in [4.69, 9.17) is 0 Å². The first-order chi connectivity index (χ1) is 8.61. The van der Waals surface area contributed by atoms with E-state index < -0.39 is 0 Å². The molecule has 1 aliphatic rings. The fourth-order valence-corrected chi connectivity index (χ4v) is 2.93. The summed E-state index contributed by atoms with van der Waals surface area (Å²) in [7, 11) is 0. The molecule has 0 heterocycles. The average Bonchev–Trinajstić information content (AvgIpc) is 2.23. The fourth-order valence-electron chi connectivity index (χ4n) is 2.08. The highest BCUT2D eigenvalue weighted by atomic mass is 79.9. The van der Waals surface area contributed by atoms with Gasteiger partial charge in [-0.25, -0.2) is 4.39 Å². The van der Waals surface area contributed by atoms with Crippen LogP contribution in [-0.4, -0.2) is 28.7 Å². The van der Waals surface area contributed by atoms with Gasteiger partial charge in [-0.1, -0.05) is 31.9 Å². The van der Waals surface area contributed by atoms with E-state index >= 15 is 0 Å². The van der Waals surface area contributed by atoms with Crippen molar-refractivity contribution in [2.24, 2.45) is 0 Å². The van der Waals surface area contributed by atoms with Crippen LogP contribution in [0.15, 0.2) is 22.7 Å². The SMILES string of the molecule is O=C(c1cc(F)cc(Br)c1)N(CCBr)C1CCC1. The predicted molar refractivity (Wildman–Crippen MR) is 76.6 cm³/mol. The van der Waals surface area contributed by atoms with Gasteiger partial charge in [0.1, 0.15) is 5.82 Å². The highest BCUT2D eigenvalue weighted by Crippen LogP contribution is 2.27. The van der Waals surface area contributed by atoms with Gasteiger partial charge in [0.15, 0.2) is 0 Å². The summed E-state index contributed by atoms with van der Waals surface area (Å²) < 4.78 is 13.9. The van der Waals surface area contributed by atoms with E-state index in [0.717, 1.165) is 18.2 Å². The smallest absolute Gasteiger partial charge is 0.254 e. The summed E-state index contributed by atoms with van der Waals surface area (Å²) in [6.45, 7) is 0.664. The number of halogens is 3. The Balaban J connectivity index is 2.21.